The Kier molecular flexibility index (Phi) is 5.05. The molecule has 4 aromatic rings. The van der Waals surface area contributed by atoms with Crippen LogP contribution in [0.4, 0.5) is 5.82 Å². The fraction of sp³-hybridized carbons (Fsp3) is 0.174. The fourth-order valence-electron chi connectivity index (χ4n) is 3.27. The summed E-state index contributed by atoms with van der Waals surface area (Å²) in [6, 6.07) is 14.2. The van der Waals surface area contributed by atoms with Gasteiger partial charge in [-0.1, -0.05) is 31.0 Å². The van der Waals surface area contributed by atoms with Gasteiger partial charge in [0.2, 0.25) is 0 Å². The Labute approximate surface area is 168 Å². The number of terminal acetylenes is 1. The fourth-order valence-corrected chi connectivity index (χ4v) is 4.12. The maximum Gasteiger partial charge on any atom is 0.140 e. The van der Waals surface area contributed by atoms with Crippen molar-refractivity contribution in [3.05, 3.63) is 70.7 Å². The highest BCUT2D eigenvalue weighted by atomic mass is 32.1. The van der Waals surface area contributed by atoms with Crippen molar-refractivity contribution in [1.29, 1.82) is 0 Å². The zero-order valence-corrected chi connectivity index (χ0v) is 16.7. The zero-order valence-electron chi connectivity index (χ0n) is 15.9. The minimum Gasteiger partial charge on any atom is -0.496 e. The van der Waals surface area contributed by atoms with Gasteiger partial charge in [0, 0.05) is 23.9 Å². The van der Waals surface area contributed by atoms with Crippen molar-refractivity contribution in [2.24, 2.45) is 0 Å². The van der Waals surface area contributed by atoms with Crippen molar-refractivity contribution in [2.75, 3.05) is 12.4 Å². The lowest BCUT2D eigenvalue weighted by atomic mass is 10.2. The summed E-state index contributed by atoms with van der Waals surface area (Å²) in [5.74, 6) is 4.57. The second-order valence-corrected chi connectivity index (χ2v) is 7.32. The summed E-state index contributed by atoms with van der Waals surface area (Å²) in [4.78, 5) is 5.92. The minimum atomic E-state index is 0.622. The van der Waals surface area contributed by atoms with E-state index in [9.17, 15) is 0 Å². The Bertz CT molecular complexity index is 1170. The van der Waals surface area contributed by atoms with Crippen LogP contribution in [-0.4, -0.2) is 16.5 Å². The van der Waals surface area contributed by atoms with Crippen molar-refractivity contribution in [2.45, 2.75) is 19.9 Å². The molecule has 0 aliphatic rings. The number of imidazole rings is 1. The molecular formula is C23H21N3OS. The number of nitrogens with zero attached hydrogens (tertiary/aromatic N) is 2. The molecule has 1 aromatic carbocycles. The van der Waals surface area contributed by atoms with E-state index in [2.05, 4.69) is 47.0 Å². The Morgan fingerprint density at radius 2 is 2.11 bits per heavy atom. The highest BCUT2D eigenvalue weighted by Crippen LogP contribution is 2.35. The molecule has 3 heterocycles. The first kappa shape index (κ1) is 18.1. The summed E-state index contributed by atoms with van der Waals surface area (Å²) in [6.07, 6.45) is 8.75. The van der Waals surface area contributed by atoms with Crippen molar-refractivity contribution in [3.63, 3.8) is 0 Å². The van der Waals surface area contributed by atoms with Gasteiger partial charge in [0.05, 0.1) is 12.0 Å². The quantitative estimate of drug-likeness (QED) is 0.461. The Hall–Kier alpha value is -3.23. The molecule has 3 aromatic heterocycles. The highest BCUT2D eigenvalue weighted by Gasteiger charge is 2.18. The van der Waals surface area contributed by atoms with E-state index in [1.165, 1.54) is 5.56 Å². The number of hydrogen-bond donors (Lipinski definition) is 1. The van der Waals surface area contributed by atoms with Crippen molar-refractivity contribution in [1.82, 2.24) is 9.38 Å². The molecule has 0 unspecified atom stereocenters. The number of thiophene rings is 1. The number of benzene rings is 1. The molecule has 0 bridgehead atoms. The van der Waals surface area contributed by atoms with Crippen LogP contribution in [0.5, 0.6) is 5.75 Å². The minimum absolute atomic E-state index is 0.622. The molecule has 0 amide bonds. The molecule has 4 rings (SSSR count). The number of ether oxygens (including phenoxy) is 1. The summed E-state index contributed by atoms with van der Waals surface area (Å²) in [6.45, 7) is 2.77. The van der Waals surface area contributed by atoms with Crippen molar-refractivity contribution < 1.29 is 4.74 Å². The van der Waals surface area contributed by atoms with E-state index < -0.39 is 0 Å². The third-order valence-electron chi connectivity index (χ3n) is 4.77. The molecule has 0 atom stereocenters. The van der Waals surface area contributed by atoms with Gasteiger partial charge in [-0.25, -0.2) is 4.98 Å². The number of nitrogens with one attached hydrogen (secondary N) is 1. The van der Waals surface area contributed by atoms with E-state index in [-0.39, 0.29) is 0 Å². The smallest absolute Gasteiger partial charge is 0.140 e. The number of rotatable bonds is 6. The summed E-state index contributed by atoms with van der Waals surface area (Å²) >= 11 is 1.61. The number of hydrogen-bond acceptors (Lipinski definition) is 4. The maximum absolute atomic E-state index is 5.71. The molecule has 0 fully saturated rings. The molecule has 0 aliphatic heterocycles. The number of methoxy groups -OCH3 is 1. The van der Waals surface area contributed by atoms with Gasteiger partial charge in [-0.05, 0) is 41.6 Å². The number of anilines is 1. The second kappa shape index (κ2) is 7.79. The first-order chi connectivity index (χ1) is 13.7. The normalized spacial score (nSPS) is 10.8. The Morgan fingerprint density at radius 3 is 2.89 bits per heavy atom. The topological polar surface area (TPSA) is 38.6 Å². The van der Waals surface area contributed by atoms with Gasteiger partial charge >= 0.3 is 0 Å². The van der Waals surface area contributed by atoms with Crippen LogP contribution in [0.3, 0.4) is 0 Å². The standard InChI is InChI=1S/C23H21N3OS/c1-4-16-10-12-26-20(14-16)25-21(22-17(5-2)11-13-28-22)23(26)24-15-18-8-6-7-9-19(18)27-3/h2,6-14,24H,4,15H2,1,3H3. The third kappa shape index (κ3) is 3.23. The first-order valence-electron chi connectivity index (χ1n) is 9.16. The molecule has 0 saturated heterocycles. The number of pyridine rings is 1. The Balaban J connectivity index is 1.81. The van der Waals surface area contributed by atoms with Crippen LogP contribution in [0.25, 0.3) is 16.2 Å². The Morgan fingerprint density at radius 1 is 1.25 bits per heavy atom. The highest BCUT2D eigenvalue weighted by molar-refractivity contribution is 7.13. The molecule has 5 heteroatoms. The van der Waals surface area contributed by atoms with Gasteiger partial charge in [0.25, 0.3) is 0 Å². The lowest BCUT2D eigenvalue weighted by Crippen LogP contribution is -2.05. The molecule has 0 radical (unpaired) electrons. The lowest BCUT2D eigenvalue weighted by molar-refractivity contribution is 0.410. The number of para-hydroxylation sites is 1. The van der Waals surface area contributed by atoms with Gasteiger partial charge in [0.15, 0.2) is 0 Å². The first-order valence-corrected chi connectivity index (χ1v) is 10.0. The van der Waals surface area contributed by atoms with Crippen LogP contribution in [0.2, 0.25) is 0 Å². The summed E-state index contributed by atoms with van der Waals surface area (Å²) < 4.78 is 7.57. The molecule has 140 valence electrons. The van der Waals surface area contributed by atoms with Crippen molar-refractivity contribution in [3.8, 4) is 28.7 Å². The van der Waals surface area contributed by atoms with Crippen LogP contribution in [-0.2, 0) is 13.0 Å². The molecule has 0 saturated carbocycles. The van der Waals surface area contributed by atoms with Crippen LogP contribution < -0.4 is 10.1 Å². The molecule has 0 spiro atoms. The van der Waals surface area contributed by atoms with E-state index in [1.54, 1.807) is 18.4 Å². The van der Waals surface area contributed by atoms with E-state index in [0.717, 1.165) is 45.3 Å². The van der Waals surface area contributed by atoms with Gasteiger partial charge in [0.1, 0.15) is 22.9 Å². The zero-order chi connectivity index (χ0) is 19.5. The average Bonchev–Trinajstić information content (AvgIpc) is 3.35. The summed E-state index contributed by atoms with van der Waals surface area (Å²) in [5.41, 5.74) is 4.99. The van der Waals surface area contributed by atoms with Gasteiger partial charge in [-0.2, -0.15) is 0 Å². The van der Waals surface area contributed by atoms with E-state index in [4.69, 9.17) is 16.1 Å². The van der Waals surface area contributed by atoms with Crippen LogP contribution in [0.15, 0.2) is 54.0 Å². The van der Waals surface area contributed by atoms with E-state index in [0.29, 0.717) is 6.54 Å². The van der Waals surface area contributed by atoms with E-state index >= 15 is 0 Å². The van der Waals surface area contributed by atoms with E-state index in [1.807, 2.05) is 29.6 Å². The number of fused-ring (bicyclic) bond motifs is 1. The number of aromatic nitrogens is 2. The maximum atomic E-state index is 5.71. The lowest BCUT2D eigenvalue weighted by Gasteiger charge is -2.12. The monoisotopic (exact) mass is 387 g/mol. The third-order valence-corrected chi connectivity index (χ3v) is 5.69. The molecule has 0 aliphatic carbocycles. The summed E-state index contributed by atoms with van der Waals surface area (Å²) in [5, 5.41) is 5.57. The van der Waals surface area contributed by atoms with Gasteiger partial charge < -0.3 is 10.1 Å². The SMILES string of the molecule is C#Cc1ccsc1-c1nc2cc(CC)ccn2c1NCc1ccccc1OC. The van der Waals surface area contributed by atoms with Gasteiger partial charge in [-0.3, -0.25) is 4.40 Å². The van der Waals surface area contributed by atoms with Gasteiger partial charge in [-0.15, -0.1) is 17.8 Å². The van der Waals surface area contributed by atoms with Crippen molar-refractivity contribution >= 4 is 22.8 Å². The van der Waals surface area contributed by atoms with Crippen LogP contribution in [0, 0.1) is 12.3 Å². The second-order valence-electron chi connectivity index (χ2n) is 6.40. The number of aryl methyl sites for hydroxylation is 1. The van der Waals surface area contributed by atoms with Crippen LogP contribution in [0.1, 0.15) is 23.6 Å². The predicted octanol–water partition coefficient (Wildman–Crippen LogP) is 5.23. The molecule has 1 N–H and O–H groups in total. The average molecular weight is 388 g/mol. The molecule has 28 heavy (non-hydrogen) atoms. The predicted molar refractivity (Wildman–Crippen MR) is 116 cm³/mol. The van der Waals surface area contributed by atoms with Crippen LogP contribution >= 0.6 is 11.3 Å². The summed E-state index contributed by atoms with van der Waals surface area (Å²) in [7, 11) is 1.69. The molecule has 4 nitrogen and oxygen atoms in total. The largest absolute Gasteiger partial charge is 0.496 e. The molecular weight excluding hydrogens is 366 g/mol.